The molecule has 3 heterocycles. The number of aromatic nitrogens is 5. The molecule has 8 heteroatoms. The maximum Gasteiger partial charge on any atom is 0.224 e. The van der Waals surface area contributed by atoms with Gasteiger partial charge in [-0.15, -0.1) is 10.2 Å². The maximum atomic E-state index is 11.5. The second kappa shape index (κ2) is 4.74. The van der Waals surface area contributed by atoms with Gasteiger partial charge in [0.15, 0.2) is 11.6 Å². The van der Waals surface area contributed by atoms with Crippen LogP contribution in [0.25, 0.3) is 5.69 Å². The molecule has 1 atom stereocenters. The van der Waals surface area contributed by atoms with E-state index < -0.39 is 0 Å². The first-order valence-corrected chi connectivity index (χ1v) is 7.72. The highest BCUT2D eigenvalue weighted by Crippen LogP contribution is 2.43. The molecule has 1 fully saturated rings. The van der Waals surface area contributed by atoms with Crippen LogP contribution in [-0.4, -0.2) is 36.6 Å². The van der Waals surface area contributed by atoms with Gasteiger partial charge in [0.25, 0.3) is 0 Å². The molecule has 22 heavy (non-hydrogen) atoms. The van der Waals surface area contributed by atoms with Crippen molar-refractivity contribution in [3.63, 3.8) is 0 Å². The van der Waals surface area contributed by atoms with E-state index in [-0.39, 0.29) is 23.2 Å². The molecule has 1 saturated carbocycles. The Labute approximate surface area is 132 Å². The molecular formula is C14H15ClN6O. The molecule has 2 aromatic rings. The van der Waals surface area contributed by atoms with Gasteiger partial charge in [-0.05, 0) is 24.9 Å². The third kappa shape index (κ3) is 1.78. The SMILES string of the molecule is CC[C@@H]1c2nnc(C)n2-c2cnc(Cl)nc2N1C1CC(=O)C1. The van der Waals surface area contributed by atoms with E-state index in [9.17, 15) is 4.79 Å². The van der Waals surface area contributed by atoms with Crippen molar-refractivity contribution < 1.29 is 4.79 Å². The highest BCUT2D eigenvalue weighted by molar-refractivity contribution is 6.28. The lowest BCUT2D eigenvalue weighted by Crippen LogP contribution is -2.49. The van der Waals surface area contributed by atoms with E-state index in [0.717, 1.165) is 29.6 Å². The molecule has 0 bridgehead atoms. The number of Topliss-reactive ketones (excluding diaryl/α,β-unsaturated/α-hetero) is 1. The fourth-order valence-electron chi connectivity index (χ4n) is 3.33. The summed E-state index contributed by atoms with van der Waals surface area (Å²) in [6, 6.07) is 0.186. The highest BCUT2D eigenvalue weighted by atomic mass is 35.5. The summed E-state index contributed by atoms with van der Waals surface area (Å²) in [4.78, 5) is 22.2. The van der Waals surface area contributed by atoms with Crippen molar-refractivity contribution in [2.45, 2.75) is 45.2 Å². The third-order valence-corrected chi connectivity index (χ3v) is 4.58. The maximum absolute atomic E-state index is 11.5. The number of halogens is 1. The number of carbonyl (C=O) groups excluding carboxylic acids is 1. The lowest BCUT2D eigenvalue weighted by Gasteiger charge is -2.44. The van der Waals surface area contributed by atoms with Gasteiger partial charge in [-0.3, -0.25) is 9.36 Å². The van der Waals surface area contributed by atoms with Crippen LogP contribution in [0.4, 0.5) is 5.82 Å². The number of carbonyl (C=O) groups is 1. The van der Waals surface area contributed by atoms with Crippen LogP contribution in [0, 0.1) is 6.92 Å². The minimum atomic E-state index is 0.0396. The van der Waals surface area contributed by atoms with E-state index in [2.05, 4.69) is 32.0 Å². The summed E-state index contributed by atoms with van der Waals surface area (Å²) in [5.74, 6) is 2.72. The number of ketones is 1. The van der Waals surface area contributed by atoms with Crippen molar-refractivity contribution >= 4 is 23.2 Å². The van der Waals surface area contributed by atoms with E-state index in [1.807, 2.05) is 11.5 Å². The van der Waals surface area contributed by atoms with Crippen LogP contribution in [-0.2, 0) is 4.79 Å². The van der Waals surface area contributed by atoms with Crippen LogP contribution in [0.15, 0.2) is 6.20 Å². The second-order valence-corrected chi connectivity index (χ2v) is 6.06. The van der Waals surface area contributed by atoms with Crippen LogP contribution in [0.2, 0.25) is 5.28 Å². The molecule has 2 aromatic heterocycles. The Kier molecular flexibility index (Phi) is 2.94. The molecule has 1 aliphatic heterocycles. The predicted octanol–water partition coefficient (Wildman–Crippen LogP) is 2.02. The normalized spacial score (nSPS) is 20.6. The van der Waals surface area contributed by atoms with E-state index in [4.69, 9.17) is 11.6 Å². The number of hydrogen-bond donors (Lipinski definition) is 0. The average molecular weight is 319 g/mol. The van der Waals surface area contributed by atoms with Crippen molar-refractivity contribution in [1.82, 2.24) is 24.7 Å². The first kappa shape index (κ1) is 13.6. The van der Waals surface area contributed by atoms with Gasteiger partial charge in [0.1, 0.15) is 17.3 Å². The lowest BCUT2D eigenvalue weighted by atomic mass is 9.87. The molecule has 0 unspecified atom stereocenters. The number of aryl methyl sites for hydroxylation is 1. The largest absolute Gasteiger partial charge is 0.341 e. The molecule has 0 radical (unpaired) electrons. The van der Waals surface area contributed by atoms with Gasteiger partial charge in [-0.25, -0.2) is 4.98 Å². The highest BCUT2D eigenvalue weighted by Gasteiger charge is 2.42. The minimum absolute atomic E-state index is 0.0396. The first-order valence-electron chi connectivity index (χ1n) is 7.35. The average Bonchev–Trinajstić information content (AvgIpc) is 2.85. The van der Waals surface area contributed by atoms with Gasteiger partial charge >= 0.3 is 0 Å². The smallest absolute Gasteiger partial charge is 0.224 e. The summed E-state index contributed by atoms with van der Waals surface area (Å²) in [6.45, 7) is 4.00. The first-order chi connectivity index (χ1) is 10.6. The Morgan fingerprint density at radius 3 is 2.82 bits per heavy atom. The summed E-state index contributed by atoms with van der Waals surface area (Å²) in [7, 11) is 0. The lowest BCUT2D eigenvalue weighted by molar-refractivity contribution is -0.124. The topological polar surface area (TPSA) is 76.8 Å². The Hall–Kier alpha value is -2.02. The summed E-state index contributed by atoms with van der Waals surface area (Å²) >= 11 is 6.01. The zero-order valence-electron chi connectivity index (χ0n) is 12.3. The van der Waals surface area contributed by atoms with Crippen molar-refractivity contribution in [3.8, 4) is 5.69 Å². The van der Waals surface area contributed by atoms with Gasteiger partial charge in [0.2, 0.25) is 5.28 Å². The van der Waals surface area contributed by atoms with Gasteiger partial charge in [0.05, 0.1) is 12.2 Å². The Morgan fingerprint density at radius 2 is 2.14 bits per heavy atom. The van der Waals surface area contributed by atoms with Gasteiger partial charge in [0, 0.05) is 18.9 Å². The predicted molar refractivity (Wildman–Crippen MR) is 80.2 cm³/mol. The monoisotopic (exact) mass is 318 g/mol. The third-order valence-electron chi connectivity index (χ3n) is 4.40. The van der Waals surface area contributed by atoms with E-state index in [1.54, 1.807) is 6.20 Å². The number of nitrogens with zero attached hydrogens (tertiary/aromatic N) is 6. The number of rotatable bonds is 2. The minimum Gasteiger partial charge on any atom is -0.341 e. The molecule has 0 N–H and O–H groups in total. The van der Waals surface area contributed by atoms with Crippen molar-refractivity contribution in [2.75, 3.05) is 4.90 Å². The number of fused-ring (bicyclic) bond motifs is 3. The summed E-state index contributed by atoms with van der Waals surface area (Å²) in [5.41, 5.74) is 0.825. The quantitative estimate of drug-likeness (QED) is 0.788. The zero-order chi connectivity index (χ0) is 15.4. The van der Waals surface area contributed by atoms with Crippen molar-refractivity contribution in [1.29, 1.82) is 0 Å². The molecule has 7 nitrogen and oxygen atoms in total. The van der Waals surface area contributed by atoms with Crippen LogP contribution in [0.1, 0.15) is 43.9 Å². The molecule has 4 rings (SSSR count). The Morgan fingerprint density at radius 1 is 1.36 bits per heavy atom. The molecule has 0 saturated heterocycles. The van der Waals surface area contributed by atoms with Crippen molar-refractivity contribution in [2.24, 2.45) is 0 Å². The summed E-state index contributed by atoms with van der Waals surface area (Å²) in [6.07, 6.45) is 3.64. The molecule has 0 amide bonds. The van der Waals surface area contributed by atoms with Crippen LogP contribution >= 0.6 is 11.6 Å². The van der Waals surface area contributed by atoms with Gasteiger partial charge < -0.3 is 4.90 Å². The van der Waals surface area contributed by atoms with Crippen molar-refractivity contribution in [3.05, 3.63) is 23.1 Å². The van der Waals surface area contributed by atoms with E-state index in [0.29, 0.717) is 12.8 Å². The Balaban J connectivity index is 1.93. The summed E-state index contributed by atoms with van der Waals surface area (Å²) < 4.78 is 1.98. The molecule has 1 aliphatic carbocycles. The van der Waals surface area contributed by atoms with Gasteiger partial charge in [-0.1, -0.05) is 6.92 Å². The molecule has 0 aromatic carbocycles. The van der Waals surface area contributed by atoms with E-state index >= 15 is 0 Å². The standard InChI is InChI=1S/C14H15ClN6O/c1-3-10-13-19-18-7(2)20(13)11-6-16-14(15)17-12(11)21(10)8-4-9(22)5-8/h6,8,10H,3-5H2,1-2H3/t10-/m1/s1. The molecule has 0 spiro atoms. The molecule has 114 valence electrons. The fourth-order valence-corrected chi connectivity index (χ4v) is 3.46. The number of anilines is 1. The number of hydrogen-bond acceptors (Lipinski definition) is 6. The molecule has 2 aliphatic rings. The van der Waals surface area contributed by atoms with Crippen LogP contribution in [0.5, 0.6) is 0 Å². The fraction of sp³-hybridized carbons (Fsp3) is 0.500. The van der Waals surface area contributed by atoms with Crippen LogP contribution in [0.3, 0.4) is 0 Å². The molecular weight excluding hydrogens is 304 g/mol. The van der Waals surface area contributed by atoms with Gasteiger partial charge in [-0.2, -0.15) is 4.98 Å². The van der Waals surface area contributed by atoms with Crippen LogP contribution < -0.4 is 4.90 Å². The Bertz CT molecular complexity index is 765. The zero-order valence-corrected chi connectivity index (χ0v) is 13.1. The summed E-state index contributed by atoms with van der Waals surface area (Å²) in [5, 5.41) is 8.75. The second-order valence-electron chi connectivity index (χ2n) is 5.72. The van der Waals surface area contributed by atoms with E-state index in [1.165, 1.54) is 0 Å².